The fraction of sp³-hybridized carbons (Fsp3) is 0.852. The molecule has 8 heteroatoms. The van der Waals surface area contributed by atoms with Crippen molar-refractivity contribution in [1.29, 1.82) is 0 Å². The molecule has 202 valence electrons. The van der Waals surface area contributed by atoms with Crippen molar-refractivity contribution >= 4 is 23.7 Å². The Balaban J connectivity index is 2.07. The summed E-state index contributed by atoms with van der Waals surface area (Å²) in [5.41, 5.74) is 0. The Kier molecular flexibility index (Phi) is 17.8. The predicted molar refractivity (Wildman–Crippen MR) is 138 cm³/mol. The molecule has 1 heterocycles. The topological polar surface area (TPSA) is 116 Å². The molecule has 0 saturated carbocycles. The van der Waals surface area contributed by atoms with E-state index in [-0.39, 0.29) is 43.7 Å². The first-order valence-electron chi connectivity index (χ1n) is 14.0. The zero-order valence-corrected chi connectivity index (χ0v) is 22.0. The van der Waals surface area contributed by atoms with Gasteiger partial charge in [0.25, 0.3) is 0 Å². The molecule has 1 aliphatic heterocycles. The number of carbonyl (C=O) groups excluding carboxylic acids is 3. The minimum atomic E-state index is -1.02. The van der Waals surface area contributed by atoms with Gasteiger partial charge in [-0.2, -0.15) is 0 Å². The normalized spacial score (nSPS) is 15.2. The second-order valence-electron chi connectivity index (χ2n) is 9.77. The van der Waals surface area contributed by atoms with Crippen LogP contribution in [-0.2, 0) is 19.2 Å². The zero-order chi connectivity index (χ0) is 25.7. The molecule has 1 aliphatic rings. The van der Waals surface area contributed by atoms with Crippen molar-refractivity contribution < 1.29 is 24.3 Å². The molecule has 0 spiro atoms. The molecule has 3 amide bonds. The summed E-state index contributed by atoms with van der Waals surface area (Å²) in [7, 11) is 0. The minimum Gasteiger partial charge on any atom is -0.481 e. The first-order valence-corrected chi connectivity index (χ1v) is 14.0. The van der Waals surface area contributed by atoms with Crippen LogP contribution in [0.2, 0.25) is 0 Å². The third-order valence-corrected chi connectivity index (χ3v) is 6.68. The number of hydrogen-bond donors (Lipinski definition) is 3. The molecule has 0 aromatic carbocycles. The number of nitrogens with one attached hydrogen (secondary N) is 2. The molecule has 1 rings (SSSR count). The summed E-state index contributed by atoms with van der Waals surface area (Å²) in [4.78, 5) is 48.9. The molecule has 0 aliphatic carbocycles. The molecule has 8 nitrogen and oxygen atoms in total. The van der Waals surface area contributed by atoms with Crippen molar-refractivity contribution in [2.75, 3.05) is 19.6 Å². The highest BCUT2D eigenvalue weighted by molar-refractivity contribution is 5.88. The second-order valence-corrected chi connectivity index (χ2v) is 9.77. The summed E-state index contributed by atoms with van der Waals surface area (Å²) in [5.74, 6) is -1.48. The quantitative estimate of drug-likeness (QED) is 0.202. The van der Waals surface area contributed by atoms with Gasteiger partial charge in [-0.1, -0.05) is 84.0 Å². The van der Waals surface area contributed by atoms with E-state index in [1.807, 2.05) is 0 Å². The molecule has 1 atom stereocenters. The molecule has 3 N–H and O–H groups in total. The second kappa shape index (κ2) is 20.1. The van der Waals surface area contributed by atoms with Gasteiger partial charge >= 0.3 is 5.97 Å². The average Bonchev–Trinajstić information content (AvgIpc) is 3.33. The molecule has 1 unspecified atom stereocenters. The Hall–Kier alpha value is -2.12. The third-order valence-electron chi connectivity index (χ3n) is 6.68. The number of carboxylic acid groups (broad SMARTS) is 1. The van der Waals surface area contributed by atoms with E-state index in [9.17, 15) is 19.2 Å². The zero-order valence-electron chi connectivity index (χ0n) is 22.0. The van der Waals surface area contributed by atoms with Gasteiger partial charge in [0.2, 0.25) is 17.7 Å². The van der Waals surface area contributed by atoms with Crippen LogP contribution in [0.25, 0.3) is 0 Å². The maximum absolute atomic E-state index is 12.6. The number of rotatable bonds is 21. The number of hydrogen-bond acceptors (Lipinski definition) is 4. The minimum absolute atomic E-state index is 0.0627. The van der Waals surface area contributed by atoms with Gasteiger partial charge in [0, 0.05) is 32.5 Å². The third kappa shape index (κ3) is 15.5. The van der Waals surface area contributed by atoms with Crippen molar-refractivity contribution in [3.63, 3.8) is 0 Å². The van der Waals surface area contributed by atoms with Crippen molar-refractivity contribution in [1.82, 2.24) is 15.5 Å². The summed E-state index contributed by atoms with van der Waals surface area (Å²) in [6.45, 7) is 3.38. The highest BCUT2D eigenvalue weighted by Crippen LogP contribution is 2.20. The van der Waals surface area contributed by atoms with E-state index in [2.05, 4.69) is 17.6 Å². The summed E-state index contributed by atoms with van der Waals surface area (Å²) in [6.07, 6.45) is 18.2. The summed E-state index contributed by atoms with van der Waals surface area (Å²) >= 11 is 0. The van der Waals surface area contributed by atoms with Crippen LogP contribution in [-0.4, -0.2) is 59.4 Å². The monoisotopic (exact) mass is 495 g/mol. The predicted octanol–water partition coefficient (Wildman–Crippen LogP) is 4.56. The lowest BCUT2D eigenvalue weighted by molar-refractivity contribution is -0.139. The van der Waals surface area contributed by atoms with E-state index in [1.165, 1.54) is 70.6 Å². The number of unbranched alkanes of at least 4 members (excludes halogenated alkanes) is 12. The molecule has 0 aromatic heterocycles. The maximum atomic E-state index is 12.6. The van der Waals surface area contributed by atoms with Crippen LogP contribution in [0.3, 0.4) is 0 Å². The van der Waals surface area contributed by atoms with Gasteiger partial charge in [-0.25, -0.2) is 0 Å². The van der Waals surface area contributed by atoms with Gasteiger partial charge in [-0.05, 0) is 19.3 Å². The van der Waals surface area contributed by atoms with Crippen LogP contribution < -0.4 is 10.6 Å². The van der Waals surface area contributed by atoms with E-state index < -0.39 is 12.0 Å². The van der Waals surface area contributed by atoms with Crippen molar-refractivity contribution in [3.05, 3.63) is 0 Å². The van der Waals surface area contributed by atoms with Gasteiger partial charge < -0.3 is 20.6 Å². The molecule has 0 radical (unpaired) electrons. The van der Waals surface area contributed by atoms with Crippen LogP contribution in [0.4, 0.5) is 0 Å². The Bertz CT molecular complexity index is 626. The van der Waals surface area contributed by atoms with Gasteiger partial charge in [0.15, 0.2) is 0 Å². The van der Waals surface area contributed by atoms with E-state index in [0.29, 0.717) is 19.4 Å². The standard InChI is InChI=1S/C27H49N3O5/c1-2-3-4-5-6-7-8-9-10-11-12-13-14-17-25(32)30-22-15-16-23(30)27(35)29-21-20-28-24(31)18-19-26(33)34/h23H,2-22H2,1H3,(H,28,31)(H,29,35)(H,33,34). The molecular weight excluding hydrogens is 446 g/mol. The fourth-order valence-corrected chi connectivity index (χ4v) is 4.59. The Morgan fingerprint density at radius 2 is 1.29 bits per heavy atom. The Labute approximate surface area is 212 Å². The van der Waals surface area contributed by atoms with Crippen LogP contribution >= 0.6 is 0 Å². The highest BCUT2D eigenvalue weighted by atomic mass is 16.4. The molecular formula is C27H49N3O5. The summed E-state index contributed by atoms with van der Waals surface area (Å²) in [5, 5.41) is 14.0. The summed E-state index contributed by atoms with van der Waals surface area (Å²) < 4.78 is 0. The van der Waals surface area contributed by atoms with Crippen LogP contribution in [0.15, 0.2) is 0 Å². The lowest BCUT2D eigenvalue weighted by Crippen LogP contribution is -2.47. The lowest BCUT2D eigenvalue weighted by atomic mass is 10.0. The van der Waals surface area contributed by atoms with Gasteiger partial charge in [0.1, 0.15) is 6.04 Å². The van der Waals surface area contributed by atoms with Crippen molar-refractivity contribution in [2.45, 2.75) is 129 Å². The lowest BCUT2D eigenvalue weighted by Gasteiger charge is -2.24. The van der Waals surface area contributed by atoms with Crippen LogP contribution in [0, 0.1) is 0 Å². The number of carboxylic acids is 1. The molecule has 0 aromatic rings. The van der Waals surface area contributed by atoms with Gasteiger partial charge in [0.05, 0.1) is 6.42 Å². The van der Waals surface area contributed by atoms with E-state index in [0.717, 1.165) is 19.3 Å². The maximum Gasteiger partial charge on any atom is 0.303 e. The first-order chi connectivity index (χ1) is 17.0. The Morgan fingerprint density at radius 1 is 0.743 bits per heavy atom. The van der Waals surface area contributed by atoms with Gasteiger partial charge in [-0.15, -0.1) is 0 Å². The van der Waals surface area contributed by atoms with Crippen molar-refractivity contribution in [2.24, 2.45) is 0 Å². The summed E-state index contributed by atoms with van der Waals surface area (Å²) in [6, 6.07) is -0.424. The SMILES string of the molecule is CCCCCCCCCCCCCCCC(=O)N1CCCC1C(=O)NCCNC(=O)CCC(=O)O. The van der Waals surface area contributed by atoms with E-state index in [1.54, 1.807) is 4.90 Å². The van der Waals surface area contributed by atoms with Gasteiger partial charge in [-0.3, -0.25) is 19.2 Å². The molecule has 35 heavy (non-hydrogen) atoms. The van der Waals surface area contributed by atoms with E-state index in [4.69, 9.17) is 5.11 Å². The number of nitrogens with zero attached hydrogens (tertiary/aromatic N) is 1. The van der Waals surface area contributed by atoms with E-state index >= 15 is 0 Å². The van der Waals surface area contributed by atoms with Crippen molar-refractivity contribution in [3.8, 4) is 0 Å². The molecule has 1 saturated heterocycles. The number of amides is 3. The Morgan fingerprint density at radius 3 is 1.86 bits per heavy atom. The largest absolute Gasteiger partial charge is 0.481 e. The molecule has 0 bridgehead atoms. The van der Waals surface area contributed by atoms with Crippen LogP contribution in [0.1, 0.15) is 122 Å². The number of likely N-dealkylation sites (tertiary alicyclic amines) is 1. The average molecular weight is 496 g/mol. The molecule has 1 fully saturated rings. The number of aliphatic carboxylic acids is 1. The fourth-order valence-electron chi connectivity index (χ4n) is 4.59. The smallest absolute Gasteiger partial charge is 0.303 e. The first kappa shape index (κ1) is 30.9. The highest BCUT2D eigenvalue weighted by Gasteiger charge is 2.33. The van der Waals surface area contributed by atoms with Crippen LogP contribution in [0.5, 0.6) is 0 Å². The number of carbonyl (C=O) groups is 4.